The zero-order valence-electron chi connectivity index (χ0n) is 10.5. The topological polar surface area (TPSA) is 44.4 Å². The second-order valence-electron chi connectivity index (χ2n) is 5.01. The van der Waals surface area contributed by atoms with E-state index in [-0.39, 0.29) is 11.9 Å². The van der Waals surface area contributed by atoms with Crippen molar-refractivity contribution in [1.82, 2.24) is 10.2 Å². The van der Waals surface area contributed by atoms with Crippen LogP contribution in [0, 0.1) is 0 Å². The number of carbonyl (C=O) groups excluding carboxylic acids is 1. The number of rotatable bonds is 4. The van der Waals surface area contributed by atoms with Crippen LogP contribution >= 0.6 is 0 Å². The van der Waals surface area contributed by atoms with E-state index in [1.54, 1.807) is 0 Å². The quantitative estimate of drug-likeness (QED) is 0.842. The molecule has 1 saturated heterocycles. The van der Waals surface area contributed by atoms with Crippen LogP contribution in [-0.2, 0) is 4.79 Å². The molecule has 96 valence electrons. The van der Waals surface area contributed by atoms with Gasteiger partial charge in [-0.15, -0.1) is 0 Å². The predicted octanol–water partition coefficient (Wildman–Crippen LogP) is 1.37. The highest BCUT2D eigenvalue weighted by Crippen LogP contribution is 2.29. The molecule has 1 amide bonds. The van der Waals surface area contributed by atoms with Crippen LogP contribution < -0.4 is 10.6 Å². The molecule has 0 aliphatic carbocycles. The Morgan fingerprint density at radius 1 is 1.28 bits per heavy atom. The minimum Gasteiger partial charge on any atom is -0.324 e. The van der Waals surface area contributed by atoms with Gasteiger partial charge < -0.3 is 15.5 Å². The van der Waals surface area contributed by atoms with Gasteiger partial charge in [0.15, 0.2) is 0 Å². The number of hydrogen-bond acceptors (Lipinski definition) is 3. The Labute approximate surface area is 107 Å². The molecular formula is C14H19N3O. The van der Waals surface area contributed by atoms with E-state index < -0.39 is 0 Å². The van der Waals surface area contributed by atoms with Gasteiger partial charge in [-0.1, -0.05) is 18.2 Å². The van der Waals surface area contributed by atoms with Gasteiger partial charge in [0.1, 0.15) is 6.04 Å². The highest BCUT2D eigenvalue weighted by Gasteiger charge is 2.29. The smallest absolute Gasteiger partial charge is 0.246 e. The van der Waals surface area contributed by atoms with Gasteiger partial charge in [-0.2, -0.15) is 0 Å². The first kappa shape index (κ1) is 11.7. The minimum absolute atomic E-state index is 0.0672. The minimum atomic E-state index is -0.177. The van der Waals surface area contributed by atoms with E-state index in [2.05, 4.69) is 15.5 Å². The summed E-state index contributed by atoms with van der Waals surface area (Å²) in [5.41, 5.74) is 2.02. The Hall–Kier alpha value is -1.39. The molecule has 0 saturated carbocycles. The van der Waals surface area contributed by atoms with Crippen LogP contribution in [0.4, 0.5) is 5.69 Å². The molecule has 1 atom stereocenters. The van der Waals surface area contributed by atoms with E-state index >= 15 is 0 Å². The summed E-state index contributed by atoms with van der Waals surface area (Å²) in [5.74, 6) is 0.0672. The van der Waals surface area contributed by atoms with Crippen molar-refractivity contribution in [2.24, 2.45) is 0 Å². The molecular weight excluding hydrogens is 226 g/mol. The Morgan fingerprint density at radius 3 is 2.89 bits per heavy atom. The van der Waals surface area contributed by atoms with E-state index in [4.69, 9.17) is 0 Å². The molecule has 3 rings (SSSR count). The third-order valence-corrected chi connectivity index (χ3v) is 3.77. The largest absolute Gasteiger partial charge is 0.324 e. The number of benzene rings is 1. The van der Waals surface area contributed by atoms with E-state index in [0.717, 1.165) is 24.3 Å². The molecule has 4 heteroatoms. The zero-order chi connectivity index (χ0) is 12.4. The highest BCUT2D eigenvalue weighted by molar-refractivity contribution is 6.02. The third kappa shape index (κ3) is 2.26. The third-order valence-electron chi connectivity index (χ3n) is 3.77. The molecule has 2 heterocycles. The van der Waals surface area contributed by atoms with Crippen molar-refractivity contribution < 1.29 is 4.79 Å². The van der Waals surface area contributed by atoms with Crippen LogP contribution in [0.25, 0.3) is 0 Å². The number of anilines is 1. The number of hydrogen-bond donors (Lipinski definition) is 2. The first-order chi connectivity index (χ1) is 8.84. The van der Waals surface area contributed by atoms with Gasteiger partial charge >= 0.3 is 0 Å². The molecule has 4 nitrogen and oxygen atoms in total. The molecule has 2 aliphatic rings. The standard InChI is InChI=1S/C14H19N3O/c18-14-13(11-5-1-2-6-12(11)16-14)15-7-10-17-8-3-4-9-17/h1-2,5-6,13,15H,3-4,7-10H2,(H,16,18). The number of likely N-dealkylation sites (tertiary alicyclic amines) is 1. The molecule has 1 unspecified atom stereocenters. The number of carbonyl (C=O) groups is 1. The Bertz CT molecular complexity index is 440. The maximum atomic E-state index is 11.9. The summed E-state index contributed by atoms with van der Waals surface area (Å²) in [4.78, 5) is 14.3. The second kappa shape index (κ2) is 5.08. The normalized spacial score (nSPS) is 23.1. The van der Waals surface area contributed by atoms with Crippen molar-refractivity contribution in [2.75, 3.05) is 31.5 Å². The van der Waals surface area contributed by atoms with Gasteiger partial charge in [-0.05, 0) is 32.0 Å². The van der Waals surface area contributed by atoms with E-state index in [9.17, 15) is 4.79 Å². The predicted molar refractivity (Wildman–Crippen MR) is 71.5 cm³/mol. The van der Waals surface area contributed by atoms with Crippen molar-refractivity contribution in [2.45, 2.75) is 18.9 Å². The lowest BCUT2D eigenvalue weighted by Gasteiger charge is -2.17. The SMILES string of the molecule is O=C1Nc2ccccc2C1NCCN1CCCC1. The molecule has 2 N–H and O–H groups in total. The van der Waals surface area contributed by atoms with Gasteiger partial charge in [0, 0.05) is 24.3 Å². The van der Waals surface area contributed by atoms with Crippen molar-refractivity contribution in [3.8, 4) is 0 Å². The number of para-hydroxylation sites is 1. The molecule has 0 bridgehead atoms. The van der Waals surface area contributed by atoms with E-state index in [0.29, 0.717) is 0 Å². The fraction of sp³-hybridized carbons (Fsp3) is 0.500. The lowest BCUT2D eigenvalue weighted by molar-refractivity contribution is -0.117. The number of amides is 1. The Balaban J connectivity index is 1.57. The lowest BCUT2D eigenvalue weighted by Crippen LogP contribution is -2.34. The summed E-state index contributed by atoms with van der Waals surface area (Å²) in [5, 5.41) is 6.27. The van der Waals surface area contributed by atoms with Crippen molar-refractivity contribution >= 4 is 11.6 Å². The maximum absolute atomic E-state index is 11.9. The van der Waals surface area contributed by atoms with Crippen molar-refractivity contribution in [3.63, 3.8) is 0 Å². The first-order valence-corrected chi connectivity index (χ1v) is 6.70. The Morgan fingerprint density at radius 2 is 2.06 bits per heavy atom. The van der Waals surface area contributed by atoms with Crippen LogP contribution in [0.15, 0.2) is 24.3 Å². The summed E-state index contributed by atoms with van der Waals surface area (Å²) < 4.78 is 0. The summed E-state index contributed by atoms with van der Waals surface area (Å²) in [6.07, 6.45) is 2.62. The molecule has 1 aromatic rings. The zero-order valence-corrected chi connectivity index (χ0v) is 10.5. The molecule has 1 aromatic carbocycles. The second-order valence-corrected chi connectivity index (χ2v) is 5.01. The molecule has 0 spiro atoms. The summed E-state index contributed by atoms with van der Waals surface area (Å²) >= 11 is 0. The summed E-state index contributed by atoms with van der Waals surface area (Å²) in [7, 11) is 0. The van der Waals surface area contributed by atoms with Gasteiger partial charge in [0.25, 0.3) is 0 Å². The van der Waals surface area contributed by atoms with Crippen LogP contribution in [0.1, 0.15) is 24.4 Å². The average molecular weight is 245 g/mol. The van der Waals surface area contributed by atoms with Crippen molar-refractivity contribution in [1.29, 1.82) is 0 Å². The summed E-state index contributed by atoms with van der Waals surface area (Å²) in [6.45, 7) is 4.31. The number of fused-ring (bicyclic) bond motifs is 1. The Kier molecular flexibility index (Phi) is 3.30. The molecule has 1 fully saturated rings. The molecule has 18 heavy (non-hydrogen) atoms. The maximum Gasteiger partial charge on any atom is 0.246 e. The van der Waals surface area contributed by atoms with Crippen LogP contribution in [0.5, 0.6) is 0 Å². The van der Waals surface area contributed by atoms with Crippen LogP contribution in [0.3, 0.4) is 0 Å². The van der Waals surface area contributed by atoms with Gasteiger partial charge in [0.2, 0.25) is 5.91 Å². The average Bonchev–Trinajstić information content (AvgIpc) is 2.98. The number of nitrogens with one attached hydrogen (secondary N) is 2. The van der Waals surface area contributed by atoms with Gasteiger partial charge in [-0.3, -0.25) is 4.79 Å². The number of nitrogens with zero attached hydrogens (tertiary/aromatic N) is 1. The van der Waals surface area contributed by atoms with Crippen molar-refractivity contribution in [3.05, 3.63) is 29.8 Å². The summed E-state index contributed by atoms with van der Waals surface area (Å²) in [6, 6.07) is 7.72. The van der Waals surface area contributed by atoms with Gasteiger partial charge in [-0.25, -0.2) is 0 Å². The van der Waals surface area contributed by atoms with E-state index in [1.807, 2.05) is 24.3 Å². The lowest BCUT2D eigenvalue weighted by atomic mass is 10.1. The van der Waals surface area contributed by atoms with Crippen LogP contribution in [-0.4, -0.2) is 37.0 Å². The van der Waals surface area contributed by atoms with Crippen LogP contribution in [0.2, 0.25) is 0 Å². The van der Waals surface area contributed by atoms with Gasteiger partial charge in [0.05, 0.1) is 0 Å². The highest BCUT2D eigenvalue weighted by atomic mass is 16.2. The molecule has 2 aliphatic heterocycles. The molecule has 0 aromatic heterocycles. The monoisotopic (exact) mass is 245 g/mol. The first-order valence-electron chi connectivity index (χ1n) is 6.70. The fourth-order valence-electron chi connectivity index (χ4n) is 2.78. The molecule has 0 radical (unpaired) electrons. The van der Waals surface area contributed by atoms with E-state index in [1.165, 1.54) is 25.9 Å². The fourth-order valence-corrected chi connectivity index (χ4v) is 2.78.